The third-order valence-electron chi connectivity index (χ3n) is 2.08. The predicted molar refractivity (Wildman–Crippen MR) is 56.7 cm³/mol. The molecule has 0 spiro atoms. The van der Waals surface area contributed by atoms with Gasteiger partial charge in [-0.15, -0.1) is 10.2 Å². The molecule has 0 aliphatic carbocycles. The van der Waals surface area contributed by atoms with Crippen LogP contribution in [-0.4, -0.2) is 33.5 Å². The number of aromatic nitrogens is 4. The molecule has 7 heteroatoms. The predicted octanol–water partition coefficient (Wildman–Crippen LogP) is 0.612. The molecule has 15 heavy (non-hydrogen) atoms. The lowest BCUT2D eigenvalue weighted by molar-refractivity contribution is 0.190. The van der Waals surface area contributed by atoms with E-state index in [2.05, 4.69) is 15.3 Å². The summed E-state index contributed by atoms with van der Waals surface area (Å²) in [4.78, 5) is 0.784. The molecular weight excluding hydrogens is 214 g/mol. The van der Waals surface area contributed by atoms with Crippen molar-refractivity contribution in [3.8, 4) is 0 Å². The second-order valence-corrected chi connectivity index (χ2v) is 4.23. The summed E-state index contributed by atoms with van der Waals surface area (Å²) < 4.78 is 6.62. The van der Waals surface area contributed by atoms with Gasteiger partial charge in [-0.2, -0.15) is 9.61 Å². The van der Waals surface area contributed by atoms with E-state index in [0.717, 1.165) is 29.4 Å². The van der Waals surface area contributed by atoms with E-state index in [4.69, 9.17) is 10.5 Å². The zero-order chi connectivity index (χ0) is 10.7. The Balaban J connectivity index is 2.00. The third-order valence-corrected chi connectivity index (χ3v) is 3.13. The number of ether oxygens (including phenoxy) is 1. The molecule has 0 bridgehead atoms. The zero-order valence-electron chi connectivity index (χ0n) is 8.46. The summed E-state index contributed by atoms with van der Waals surface area (Å²) in [5.74, 6) is 0. The first kappa shape index (κ1) is 10.5. The average Bonchev–Trinajstić information content (AvgIpc) is 2.76. The Kier molecular flexibility index (Phi) is 3.24. The minimum atomic E-state index is -0.0353. The van der Waals surface area contributed by atoms with Gasteiger partial charge < -0.3 is 10.5 Å². The molecule has 2 N–H and O–H groups in total. The van der Waals surface area contributed by atoms with Crippen molar-refractivity contribution in [1.29, 1.82) is 0 Å². The number of hydrogen-bond donors (Lipinski definition) is 1. The average molecular weight is 227 g/mol. The fourth-order valence-electron chi connectivity index (χ4n) is 1.30. The van der Waals surface area contributed by atoms with Gasteiger partial charge in [-0.1, -0.05) is 11.3 Å². The normalized spacial score (nSPS) is 13.5. The van der Waals surface area contributed by atoms with E-state index in [1.54, 1.807) is 18.0 Å². The second-order valence-electron chi connectivity index (χ2n) is 3.24. The van der Waals surface area contributed by atoms with Crippen LogP contribution < -0.4 is 5.73 Å². The molecule has 0 saturated carbocycles. The molecule has 2 aromatic rings. The van der Waals surface area contributed by atoms with Crippen molar-refractivity contribution in [3.05, 3.63) is 11.3 Å². The first-order valence-electron chi connectivity index (χ1n) is 4.72. The molecule has 6 nitrogen and oxygen atoms in total. The van der Waals surface area contributed by atoms with E-state index in [1.165, 1.54) is 11.3 Å². The van der Waals surface area contributed by atoms with E-state index in [0.29, 0.717) is 0 Å². The molecule has 0 aromatic carbocycles. The number of hydrogen-bond acceptors (Lipinski definition) is 6. The second kappa shape index (κ2) is 4.65. The molecule has 0 amide bonds. The Labute approximate surface area is 91.1 Å². The first-order valence-corrected chi connectivity index (χ1v) is 5.54. The molecule has 82 valence electrons. The van der Waals surface area contributed by atoms with Crippen molar-refractivity contribution in [1.82, 2.24) is 19.8 Å². The SMILES string of the molecule is COCCCC(N)c1nn2cnnc2s1. The van der Waals surface area contributed by atoms with Gasteiger partial charge >= 0.3 is 0 Å². The van der Waals surface area contributed by atoms with Crippen LogP contribution in [0.1, 0.15) is 23.9 Å². The van der Waals surface area contributed by atoms with Gasteiger partial charge in [0.05, 0.1) is 6.04 Å². The molecule has 2 rings (SSSR count). The summed E-state index contributed by atoms with van der Waals surface area (Å²) in [6.45, 7) is 0.734. The highest BCUT2D eigenvalue weighted by atomic mass is 32.1. The topological polar surface area (TPSA) is 78.3 Å². The van der Waals surface area contributed by atoms with Crippen LogP contribution in [0.15, 0.2) is 6.33 Å². The highest BCUT2D eigenvalue weighted by Gasteiger charge is 2.12. The standard InChI is InChI=1S/C8H13N5OS/c1-14-4-2-3-6(9)7-12-13-5-10-11-8(13)15-7/h5-6H,2-4,9H2,1H3. The van der Waals surface area contributed by atoms with Crippen LogP contribution in [-0.2, 0) is 4.74 Å². The molecule has 1 atom stereocenters. The quantitative estimate of drug-likeness (QED) is 0.757. The first-order chi connectivity index (χ1) is 7.31. The van der Waals surface area contributed by atoms with Crippen LogP contribution >= 0.6 is 11.3 Å². The largest absolute Gasteiger partial charge is 0.385 e. The molecule has 2 aromatic heterocycles. The Morgan fingerprint density at radius 1 is 1.67 bits per heavy atom. The summed E-state index contributed by atoms with van der Waals surface area (Å²) in [5.41, 5.74) is 5.99. The lowest BCUT2D eigenvalue weighted by atomic mass is 10.2. The summed E-state index contributed by atoms with van der Waals surface area (Å²) >= 11 is 1.48. The van der Waals surface area contributed by atoms with Crippen LogP contribution in [0.5, 0.6) is 0 Å². The number of nitrogens with zero attached hydrogens (tertiary/aromatic N) is 4. The number of fused-ring (bicyclic) bond motifs is 1. The van der Waals surface area contributed by atoms with Gasteiger partial charge in [0, 0.05) is 13.7 Å². The molecule has 1 unspecified atom stereocenters. The number of rotatable bonds is 5. The van der Waals surface area contributed by atoms with Gasteiger partial charge in [0.15, 0.2) is 0 Å². The maximum atomic E-state index is 5.99. The van der Waals surface area contributed by atoms with E-state index >= 15 is 0 Å². The summed E-state index contributed by atoms with van der Waals surface area (Å²) in [7, 11) is 1.69. The molecule has 0 fully saturated rings. The van der Waals surface area contributed by atoms with Gasteiger partial charge in [-0.3, -0.25) is 0 Å². The van der Waals surface area contributed by atoms with Crippen LogP contribution in [0, 0.1) is 0 Å². The zero-order valence-corrected chi connectivity index (χ0v) is 9.28. The molecular formula is C8H13N5OS. The third kappa shape index (κ3) is 2.31. The Bertz CT molecular complexity index is 397. The molecule has 2 heterocycles. The fourth-order valence-corrected chi connectivity index (χ4v) is 2.15. The monoisotopic (exact) mass is 227 g/mol. The minimum absolute atomic E-state index is 0.0353. The summed E-state index contributed by atoms with van der Waals surface area (Å²) in [6.07, 6.45) is 3.40. The van der Waals surface area contributed by atoms with Crippen molar-refractivity contribution < 1.29 is 4.74 Å². The molecule has 0 aliphatic rings. The Morgan fingerprint density at radius 3 is 3.27 bits per heavy atom. The van der Waals surface area contributed by atoms with Gasteiger partial charge in [-0.05, 0) is 12.8 Å². The maximum Gasteiger partial charge on any atom is 0.234 e. The van der Waals surface area contributed by atoms with Crippen LogP contribution in [0.25, 0.3) is 4.96 Å². The van der Waals surface area contributed by atoms with Crippen molar-refractivity contribution in [3.63, 3.8) is 0 Å². The van der Waals surface area contributed by atoms with Crippen LogP contribution in [0.3, 0.4) is 0 Å². The molecule has 0 radical (unpaired) electrons. The van der Waals surface area contributed by atoms with Crippen molar-refractivity contribution in [2.24, 2.45) is 5.73 Å². The number of nitrogens with two attached hydrogens (primary N) is 1. The Hall–Kier alpha value is -1.05. The lowest BCUT2D eigenvalue weighted by Crippen LogP contribution is -2.11. The van der Waals surface area contributed by atoms with Gasteiger partial charge in [-0.25, -0.2) is 0 Å². The van der Waals surface area contributed by atoms with Gasteiger partial charge in [0.25, 0.3) is 0 Å². The fraction of sp³-hybridized carbons (Fsp3) is 0.625. The van der Waals surface area contributed by atoms with E-state index in [-0.39, 0.29) is 6.04 Å². The smallest absolute Gasteiger partial charge is 0.234 e. The highest BCUT2D eigenvalue weighted by molar-refractivity contribution is 7.16. The van der Waals surface area contributed by atoms with Crippen LogP contribution in [0.4, 0.5) is 0 Å². The minimum Gasteiger partial charge on any atom is -0.385 e. The van der Waals surface area contributed by atoms with E-state index < -0.39 is 0 Å². The van der Waals surface area contributed by atoms with Crippen molar-refractivity contribution in [2.45, 2.75) is 18.9 Å². The van der Waals surface area contributed by atoms with E-state index in [1.807, 2.05) is 0 Å². The highest BCUT2D eigenvalue weighted by Crippen LogP contribution is 2.20. The van der Waals surface area contributed by atoms with E-state index in [9.17, 15) is 0 Å². The lowest BCUT2D eigenvalue weighted by Gasteiger charge is -2.06. The summed E-state index contributed by atoms with van der Waals surface area (Å²) in [6, 6.07) is -0.0353. The van der Waals surface area contributed by atoms with Crippen molar-refractivity contribution in [2.75, 3.05) is 13.7 Å². The van der Waals surface area contributed by atoms with Gasteiger partial charge in [0.1, 0.15) is 11.3 Å². The van der Waals surface area contributed by atoms with Gasteiger partial charge in [0.2, 0.25) is 4.96 Å². The van der Waals surface area contributed by atoms with Crippen LogP contribution in [0.2, 0.25) is 0 Å². The molecule has 0 aliphatic heterocycles. The number of methoxy groups -OCH3 is 1. The van der Waals surface area contributed by atoms with Crippen molar-refractivity contribution >= 4 is 16.3 Å². The summed E-state index contributed by atoms with van der Waals surface area (Å²) in [5, 5.41) is 12.8. The maximum absolute atomic E-state index is 5.99. The Morgan fingerprint density at radius 2 is 2.53 bits per heavy atom. The molecule has 0 saturated heterocycles.